The smallest absolute Gasteiger partial charge is 0.323 e. The summed E-state index contributed by atoms with van der Waals surface area (Å²) in [5.74, 6) is -0.746. The first-order chi connectivity index (χ1) is 9.88. The van der Waals surface area contributed by atoms with Crippen molar-refractivity contribution < 1.29 is 9.90 Å². The van der Waals surface area contributed by atoms with E-state index < -0.39 is 11.5 Å². The van der Waals surface area contributed by atoms with Gasteiger partial charge in [-0.1, -0.05) is 18.7 Å². The van der Waals surface area contributed by atoms with Gasteiger partial charge in [-0.2, -0.15) is 0 Å². The van der Waals surface area contributed by atoms with Crippen LogP contribution in [0.4, 0.5) is 0 Å². The molecule has 2 atom stereocenters. The molecular weight excluding hydrogens is 286 g/mol. The Kier molecular flexibility index (Phi) is 4.88. The summed E-state index contributed by atoms with van der Waals surface area (Å²) >= 11 is 1.61. The molecule has 1 aromatic heterocycles. The second-order valence-corrected chi connectivity index (χ2v) is 6.97. The van der Waals surface area contributed by atoms with Gasteiger partial charge in [0.15, 0.2) is 5.16 Å². The maximum absolute atomic E-state index is 11.6. The molecule has 2 N–H and O–H groups in total. The molecule has 21 heavy (non-hydrogen) atoms. The van der Waals surface area contributed by atoms with Crippen molar-refractivity contribution in [2.45, 2.75) is 62.9 Å². The molecule has 6 heteroatoms. The SMILES string of the molecule is CCNC1(C(=O)O)CCC(Sc2nc(C)c(C)c(C)n2)C1. The Labute approximate surface area is 130 Å². The summed E-state index contributed by atoms with van der Waals surface area (Å²) in [6.45, 7) is 8.62. The molecule has 0 saturated heterocycles. The van der Waals surface area contributed by atoms with Crippen LogP contribution in [0.15, 0.2) is 5.16 Å². The zero-order chi connectivity index (χ0) is 15.6. The number of carboxylic acid groups (broad SMARTS) is 1. The molecule has 1 saturated carbocycles. The molecule has 0 aliphatic heterocycles. The summed E-state index contributed by atoms with van der Waals surface area (Å²) in [7, 11) is 0. The molecule has 0 amide bonds. The van der Waals surface area contributed by atoms with Gasteiger partial charge in [-0.05, 0) is 52.1 Å². The highest BCUT2D eigenvalue weighted by Gasteiger charge is 2.45. The number of carboxylic acids is 1. The van der Waals surface area contributed by atoms with Gasteiger partial charge in [0.1, 0.15) is 5.54 Å². The topological polar surface area (TPSA) is 75.1 Å². The van der Waals surface area contributed by atoms with E-state index in [9.17, 15) is 9.90 Å². The van der Waals surface area contributed by atoms with Gasteiger partial charge in [-0.3, -0.25) is 4.79 Å². The minimum Gasteiger partial charge on any atom is -0.480 e. The highest BCUT2D eigenvalue weighted by Crippen LogP contribution is 2.39. The predicted octanol–water partition coefficient (Wildman–Crippen LogP) is 2.48. The van der Waals surface area contributed by atoms with Crippen molar-refractivity contribution in [2.24, 2.45) is 0 Å². The Morgan fingerprint density at radius 3 is 2.52 bits per heavy atom. The largest absolute Gasteiger partial charge is 0.480 e. The molecule has 5 nitrogen and oxygen atoms in total. The second kappa shape index (κ2) is 6.32. The van der Waals surface area contributed by atoms with E-state index in [0.717, 1.165) is 28.5 Å². The Morgan fingerprint density at radius 1 is 1.38 bits per heavy atom. The molecular formula is C15H23N3O2S. The standard InChI is InChI=1S/C15H23N3O2S/c1-5-16-15(13(19)20)7-6-12(8-15)21-14-17-10(3)9(2)11(4)18-14/h12,16H,5-8H2,1-4H3,(H,19,20). The predicted molar refractivity (Wildman–Crippen MR) is 83.8 cm³/mol. The van der Waals surface area contributed by atoms with Crippen LogP contribution in [0.1, 0.15) is 43.1 Å². The Morgan fingerprint density at radius 2 is 2.00 bits per heavy atom. The van der Waals surface area contributed by atoms with Crippen molar-refractivity contribution in [3.8, 4) is 0 Å². The lowest BCUT2D eigenvalue weighted by molar-refractivity contribution is -0.144. The summed E-state index contributed by atoms with van der Waals surface area (Å²) < 4.78 is 0. The molecule has 0 aromatic carbocycles. The molecule has 2 rings (SSSR count). The summed E-state index contributed by atoms with van der Waals surface area (Å²) in [6, 6.07) is 0. The van der Waals surface area contributed by atoms with Crippen LogP contribution in [0, 0.1) is 20.8 Å². The van der Waals surface area contributed by atoms with Crippen LogP contribution < -0.4 is 5.32 Å². The molecule has 1 aliphatic carbocycles. The number of rotatable bonds is 5. The Hall–Kier alpha value is -1.14. The van der Waals surface area contributed by atoms with Crippen LogP contribution >= 0.6 is 11.8 Å². The minimum absolute atomic E-state index is 0.252. The quantitative estimate of drug-likeness (QED) is 0.814. The van der Waals surface area contributed by atoms with E-state index in [1.165, 1.54) is 0 Å². The van der Waals surface area contributed by atoms with Crippen molar-refractivity contribution in [1.29, 1.82) is 0 Å². The first-order valence-corrected chi connectivity index (χ1v) is 8.23. The number of carbonyl (C=O) groups is 1. The molecule has 1 aliphatic rings. The average Bonchev–Trinajstić information content (AvgIpc) is 2.81. The maximum atomic E-state index is 11.6. The third-order valence-electron chi connectivity index (χ3n) is 4.28. The van der Waals surface area contributed by atoms with Crippen LogP contribution in [-0.2, 0) is 4.79 Å². The summed E-state index contributed by atoms with van der Waals surface area (Å²) in [5.41, 5.74) is 2.35. The molecule has 1 heterocycles. The lowest BCUT2D eigenvalue weighted by atomic mass is 9.98. The first-order valence-electron chi connectivity index (χ1n) is 7.35. The number of aliphatic carboxylic acids is 1. The summed E-state index contributed by atoms with van der Waals surface area (Å²) in [6.07, 6.45) is 2.16. The van der Waals surface area contributed by atoms with Crippen molar-refractivity contribution in [1.82, 2.24) is 15.3 Å². The third-order valence-corrected chi connectivity index (χ3v) is 5.41. The number of nitrogens with one attached hydrogen (secondary N) is 1. The molecule has 2 unspecified atom stereocenters. The molecule has 0 spiro atoms. The summed E-state index contributed by atoms with van der Waals surface area (Å²) in [5, 5.41) is 13.7. The number of aryl methyl sites for hydroxylation is 2. The molecule has 0 bridgehead atoms. The van der Waals surface area contributed by atoms with Crippen molar-refractivity contribution >= 4 is 17.7 Å². The number of thioether (sulfide) groups is 1. The Balaban J connectivity index is 2.10. The second-order valence-electron chi connectivity index (χ2n) is 5.70. The molecule has 1 fully saturated rings. The lowest BCUT2D eigenvalue weighted by Gasteiger charge is -2.25. The van der Waals surface area contributed by atoms with Crippen LogP contribution in [0.25, 0.3) is 0 Å². The van der Waals surface area contributed by atoms with E-state index in [0.29, 0.717) is 19.4 Å². The third kappa shape index (κ3) is 3.37. The van der Waals surface area contributed by atoms with E-state index >= 15 is 0 Å². The van der Waals surface area contributed by atoms with Gasteiger partial charge in [0.25, 0.3) is 0 Å². The fraction of sp³-hybridized carbons (Fsp3) is 0.667. The summed E-state index contributed by atoms with van der Waals surface area (Å²) in [4.78, 5) is 20.6. The van der Waals surface area contributed by atoms with E-state index in [4.69, 9.17) is 0 Å². The highest BCUT2D eigenvalue weighted by atomic mass is 32.2. The van der Waals surface area contributed by atoms with E-state index in [1.807, 2.05) is 27.7 Å². The Bertz CT molecular complexity index is 527. The van der Waals surface area contributed by atoms with Crippen molar-refractivity contribution in [2.75, 3.05) is 6.54 Å². The lowest BCUT2D eigenvalue weighted by Crippen LogP contribution is -2.50. The van der Waals surface area contributed by atoms with Crippen LogP contribution in [-0.4, -0.2) is 38.4 Å². The fourth-order valence-electron chi connectivity index (χ4n) is 2.81. The van der Waals surface area contributed by atoms with Gasteiger partial charge in [0.2, 0.25) is 0 Å². The highest BCUT2D eigenvalue weighted by molar-refractivity contribution is 7.99. The molecule has 116 valence electrons. The van der Waals surface area contributed by atoms with Gasteiger partial charge in [0.05, 0.1) is 0 Å². The maximum Gasteiger partial charge on any atom is 0.323 e. The van der Waals surface area contributed by atoms with Gasteiger partial charge in [-0.15, -0.1) is 0 Å². The number of aromatic nitrogens is 2. The van der Waals surface area contributed by atoms with Gasteiger partial charge in [0, 0.05) is 16.6 Å². The van der Waals surface area contributed by atoms with Gasteiger partial charge >= 0.3 is 5.97 Å². The average molecular weight is 309 g/mol. The number of nitrogens with zero attached hydrogens (tertiary/aromatic N) is 2. The minimum atomic E-state index is -0.777. The number of likely N-dealkylation sites (N-methyl/N-ethyl adjacent to an activating group) is 1. The first kappa shape index (κ1) is 16.2. The van der Waals surface area contributed by atoms with Crippen molar-refractivity contribution in [3.63, 3.8) is 0 Å². The van der Waals surface area contributed by atoms with Crippen LogP contribution in [0.2, 0.25) is 0 Å². The zero-order valence-corrected chi connectivity index (χ0v) is 13.9. The zero-order valence-electron chi connectivity index (χ0n) is 13.1. The van der Waals surface area contributed by atoms with E-state index in [2.05, 4.69) is 15.3 Å². The van der Waals surface area contributed by atoms with Crippen LogP contribution in [0.3, 0.4) is 0 Å². The monoisotopic (exact) mass is 309 g/mol. The van der Waals surface area contributed by atoms with Crippen molar-refractivity contribution in [3.05, 3.63) is 17.0 Å². The van der Waals surface area contributed by atoms with Gasteiger partial charge < -0.3 is 10.4 Å². The van der Waals surface area contributed by atoms with E-state index in [1.54, 1.807) is 11.8 Å². The van der Waals surface area contributed by atoms with Gasteiger partial charge in [-0.25, -0.2) is 9.97 Å². The molecule has 1 aromatic rings. The number of hydrogen-bond acceptors (Lipinski definition) is 5. The van der Waals surface area contributed by atoms with Crippen LogP contribution in [0.5, 0.6) is 0 Å². The van der Waals surface area contributed by atoms with E-state index in [-0.39, 0.29) is 5.25 Å². The number of hydrogen-bond donors (Lipinski definition) is 2. The normalized spacial score (nSPS) is 25.2. The fourth-order valence-corrected chi connectivity index (χ4v) is 4.09. The molecule has 0 radical (unpaired) electrons.